The van der Waals surface area contributed by atoms with Gasteiger partial charge < -0.3 is 0 Å². The molecule has 0 radical (unpaired) electrons. The Morgan fingerprint density at radius 3 is 1.79 bits per heavy atom. The van der Waals surface area contributed by atoms with Crippen molar-refractivity contribution in [2.75, 3.05) is 5.88 Å². The molecular weight excluding hydrogens is 343 g/mol. The lowest BCUT2D eigenvalue weighted by molar-refractivity contribution is 0.584. The predicted molar refractivity (Wildman–Crippen MR) is 87.2 cm³/mol. The summed E-state index contributed by atoms with van der Waals surface area (Å²) in [6, 6.07) is 16.4. The van der Waals surface area contributed by atoms with E-state index in [9.17, 15) is 0 Å². The molecule has 1 unspecified atom stereocenters. The van der Waals surface area contributed by atoms with Crippen LogP contribution in [0.1, 0.15) is 11.1 Å². The van der Waals surface area contributed by atoms with Gasteiger partial charge in [-0.1, -0.05) is 51.8 Å². The Morgan fingerprint density at radius 2 is 1.32 bits per heavy atom. The van der Waals surface area contributed by atoms with Crippen molar-refractivity contribution >= 4 is 39.1 Å². The molecule has 0 spiro atoms. The fourth-order valence-electron chi connectivity index (χ4n) is 2.09. The average molecular weight is 358 g/mol. The molecule has 0 saturated carbocycles. The van der Waals surface area contributed by atoms with Crippen molar-refractivity contribution in [2.45, 2.75) is 12.8 Å². The molecule has 0 aliphatic carbocycles. The summed E-state index contributed by atoms with van der Waals surface area (Å²) in [4.78, 5) is 0. The zero-order valence-electron chi connectivity index (χ0n) is 10.5. The normalized spacial score (nSPS) is 12.4. The van der Waals surface area contributed by atoms with E-state index in [4.69, 9.17) is 23.2 Å². The maximum absolute atomic E-state index is 6.09. The lowest BCUT2D eigenvalue weighted by atomic mass is 9.94. The SMILES string of the molecule is ClCC(Cc1ccc(Cl)cc1)Cc1ccc(Br)cc1. The Bertz CT molecular complexity index is 458. The van der Waals surface area contributed by atoms with E-state index in [1.54, 1.807) is 0 Å². The summed E-state index contributed by atoms with van der Waals surface area (Å²) in [7, 11) is 0. The molecule has 1 atom stereocenters. The Balaban J connectivity index is 2.00. The molecular formula is C16H15BrCl2. The van der Waals surface area contributed by atoms with Crippen LogP contribution in [0, 0.1) is 5.92 Å². The van der Waals surface area contributed by atoms with Crippen molar-refractivity contribution < 1.29 is 0 Å². The highest BCUT2D eigenvalue weighted by Gasteiger charge is 2.10. The minimum absolute atomic E-state index is 0.448. The predicted octanol–water partition coefficient (Wildman–Crippen LogP) is 5.74. The number of rotatable bonds is 5. The molecule has 0 bridgehead atoms. The van der Waals surface area contributed by atoms with Crippen LogP contribution in [0.5, 0.6) is 0 Å². The van der Waals surface area contributed by atoms with Crippen molar-refractivity contribution in [2.24, 2.45) is 5.92 Å². The van der Waals surface area contributed by atoms with Gasteiger partial charge in [0.15, 0.2) is 0 Å². The summed E-state index contributed by atoms with van der Waals surface area (Å²) >= 11 is 15.4. The van der Waals surface area contributed by atoms with E-state index in [-0.39, 0.29) is 0 Å². The number of halogens is 3. The van der Waals surface area contributed by atoms with Gasteiger partial charge in [0.2, 0.25) is 0 Å². The van der Waals surface area contributed by atoms with E-state index in [1.807, 2.05) is 12.1 Å². The summed E-state index contributed by atoms with van der Waals surface area (Å²) < 4.78 is 1.11. The van der Waals surface area contributed by atoms with Crippen molar-refractivity contribution in [3.63, 3.8) is 0 Å². The van der Waals surface area contributed by atoms with Crippen LogP contribution < -0.4 is 0 Å². The zero-order valence-corrected chi connectivity index (χ0v) is 13.5. The number of hydrogen-bond acceptors (Lipinski definition) is 0. The van der Waals surface area contributed by atoms with Crippen LogP contribution in [0.4, 0.5) is 0 Å². The third-order valence-corrected chi connectivity index (χ3v) is 4.31. The van der Waals surface area contributed by atoms with Gasteiger partial charge in [-0.25, -0.2) is 0 Å². The Labute approximate surface area is 132 Å². The first-order valence-corrected chi connectivity index (χ1v) is 7.93. The summed E-state index contributed by atoms with van der Waals surface area (Å²) in [5.74, 6) is 1.11. The monoisotopic (exact) mass is 356 g/mol. The molecule has 0 heterocycles. The van der Waals surface area contributed by atoms with E-state index in [0.717, 1.165) is 22.3 Å². The molecule has 100 valence electrons. The number of hydrogen-bond donors (Lipinski definition) is 0. The van der Waals surface area contributed by atoms with Crippen LogP contribution in [-0.2, 0) is 12.8 Å². The van der Waals surface area contributed by atoms with E-state index in [2.05, 4.69) is 52.3 Å². The number of alkyl halides is 1. The van der Waals surface area contributed by atoms with E-state index in [0.29, 0.717) is 11.8 Å². The van der Waals surface area contributed by atoms with Gasteiger partial charge in [0.25, 0.3) is 0 Å². The fraction of sp³-hybridized carbons (Fsp3) is 0.250. The van der Waals surface area contributed by atoms with Gasteiger partial charge in [-0.3, -0.25) is 0 Å². The van der Waals surface area contributed by atoms with Crippen LogP contribution in [-0.4, -0.2) is 5.88 Å². The molecule has 0 saturated heterocycles. The van der Waals surface area contributed by atoms with Gasteiger partial charge in [-0.2, -0.15) is 0 Å². The topological polar surface area (TPSA) is 0 Å². The standard InChI is InChI=1S/C16H15BrCl2/c17-15-5-1-12(2-6-15)9-14(11-18)10-13-3-7-16(19)8-4-13/h1-8,14H,9-11H2. The Kier molecular flexibility index (Phi) is 5.75. The Morgan fingerprint density at radius 1 is 0.842 bits per heavy atom. The van der Waals surface area contributed by atoms with Crippen molar-refractivity contribution in [1.82, 2.24) is 0 Å². The molecule has 0 fully saturated rings. The molecule has 3 heteroatoms. The van der Waals surface area contributed by atoms with Gasteiger partial charge in [-0.05, 0) is 54.2 Å². The third-order valence-electron chi connectivity index (χ3n) is 3.09. The minimum Gasteiger partial charge on any atom is -0.126 e. The summed E-state index contributed by atoms with van der Waals surface area (Å²) in [6.07, 6.45) is 1.98. The first kappa shape index (κ1) is 14.9. The molecule has 2 aromatic rings. The highest BCUT2D eigenvalue weighted by molar-refractivity contribution is 9.10. The molecule has 2 rings (SSSR count). The van der Waals surface area contributed by atoms with Crippen LogP contribution in [0.25, 0.3) is 0 Å². The highest BCUT2D eigenvalue weighted by Crippen LogP contribution is 2.19. The lowest BCUT2D eigenvalue weighted by Crippen LogP contribution is -2.10. The van der Waals surface area contributed by atoms with Gasteiger partial charge in [0.1, 0.15) is 0 Å². The van der Waals surface area contributed by atoms with Gasteiger partial charge in [-0.15, -0.1) is 11.6 Å². The first-order chi connectivity index (χ1) is 9.17. The number of benzene rings is 2. The van der Waals surface area contributed by atoms with E-state index in [1.165, 1.54) is 11.1 Å². The van der Waals surface area contributed by atoms with E-state index < -0.39 is 0 Å². The molecule has 0 nitrogen and oxygen atoms in total. The highest BCUT2D eigenvalue weighted by atomic mass is 79.9. The van der Waals surface area contributed by atoms with Crippen molar-refractivity contribution in [3.8, 4) is 0 Å². The van der Waals surface area contributed by atoms with Crippen molar-refractivity contribution in [1.29, 1.82) is 0 Å². The molecule has 2 aromatic carbocycles. The molecule has 19 heavy (non-hydrogen) atoms. The van der Waals surface area contributed by atoms with Gasteiger partial charge >= 0.3 is 0 Å². The summed E-state index contributed by atoms with van der Waals surface area (Å²) in [6.45, 7) is 0. The second-order valence-electron chi connectivity index (χ2n) is 4.68. The molecule has 0 amide bonds. The second kappa shape index (κ2) is 7.33. The molecule has 0 aliphatic heterocycles. The largest absolute Gasteiger partial charge is 0.126 e. The van der Waals surface area contributed by atoms with Gasteiger partial charge in [0.05, 0.1) is 0 Å². The third kappa shape index (κ3) is 4.83. The average Bonchev–Trinajstić information content (AvgIpc) is 2.43. The van der Waals surface area contributed by atoms with Crippen molar-refractivity contribution in [3.05, 3.63) is 69.2 Å². The lowest BCUT2D eigenvalue weighted by Gasteiger charge is -2.14. The summed E-state index contributed by atoms with van der Waals surface area (Å²) in [5, 5.41) is 0.777. The van der Waals surface area contributed by atoms with Crippen LogP contribution >= 0.6 is 39.1 Å². The first-order valence-electron chi connectivity index (χ1n) is 6.22. The quantitative estimate of drug-likeness (QED) is 0.598. The van der Waals surface area contributed by atoms with Gasteiger partial charge in [0, 0.05) is 15.4 Å². The zero-order chi connectivity index (χ0) is 13.7. The molecule has 0 N–H and O–H groups in total. The second-order valence-corrected chi connectivity index (χ2v) is 6.34. The summed E-state index contributed by atoms with van der Waals surface area (Å²) in [5.41, 5.74) is 2.61. The molecule has 0 aromatic heterocycles. The van der Waals surface area contributed by atoms with E-state index >= 15 is 0 Å². The van der Waals surface area contributed by atoms with Crippen LogP contribution in [0.15, 0.2) is 53.0 Å². The Hall–Kier alpha value is -0.500. The maximum Gasteiger partial charge on any atom is 0.0406 e. The van der Waals surface area contributed by atoms with Crippen LogP contribution in [0.3, 0.4) is 0 Å². The smallest absolute Gasteiger partial charge is 0.0406 e. The van der Waals surface area contributed by atoms with Crippen LogP contribution in [0.2, 0.25) is 5.02 Å². The molecule has 0 aliphatic rings. The maximum atomic E-state index is 6.09. The fourth-order valence-corrected chi connectivity index (χ4v) is 2.70. The minimum atomic E-state index is 0.448.